The first kappa shape index (κ1) is 19.4. The molecule has 1 aliphatic rings. The molecule has 1 aliphatic heterocycles. The number of nitrogens with one attached hydrogen (secondary N) is 2. The van der Waals surface area contributed by atoms with Crippen molar-refractivity contribution in [3.05, 3.63) is 48.8 Å². The van der Waals surface area contributed by atoms with Crippen LogP contribution >= 0.6 is 0 Å². The van der Waals surface area contributed by atoms with Gasteiger partial charge in [-0.1, -0.05) is 0 Å². The summed E-state index contributed by atoms with van der Waals surface area (Å²) < 4.78 is 13.0. The van der Waals surface area contributed by atoms with Crippen LogP contribution in [0.3, 0.4) is 0 Å². The van der Waals surface area contributed by atoms with Crippen molar-refractivity contribution in [2.24, 2.45) is 5.92 Å². The van der Waals surface area contributed by atoms with E-state index in [-0.39, 0.29) is 12.0 Å². The van der Waals surface area contributed by atoms with Gasteiger partial charge in [-0.3, -0.25) is 9.78 Å². The molecular weight excluding hydrogens is 368 g/mol. The molecule has 0 aliphatic carbocycles. The molecule has 29 heavy (non-hydrogen) atoms. The molecule has 2 N–H and O–H groups in total. The molecule has 0 radical (unpaired) electrons. The second kappa shape index (κ2) is 8.61. The van der Waals surface area contributed by atoms with Crippen LogP contribution in [0.1, 0.15) is 37.3 Å². The number of ether oxygens (including phenoxy) is 2. The zero-order chi connectivity index (χ0) is 20.2. The Morgan fingerprint density at radius 2 is 2.14 bits per heavy atom. The number of nitrogens with zero attached hydrogens (tertiary/aromatic N) is 2. The van der Waals surface area contributed by atoms with Gasteiger partial charge in [-0.05, 0) is 50.8 Å². The lowest BCUT2D eigenvalue weighted by atomic mass is 10.0. The molecule has 152 valence electrons. The van der Waals surface area contributed by atoms with Gasteiger partial charge in [0.1, 0.15) is 18.1 Å². The van der Waals surface area contributed by atoms with E-state index in [0.29, 0.717) is 18.3 Å². The van der Waals surface area contributed by atoms with E-state index in [1.807, 2.05) is 48.8 Å². The quantitative estimate of drug-likeness (QED) is 0.629. The van der Waals surface area contributed by atoms with Crippen LogP contribution in [0.25, 0.3) is 16.6 Å². The van der Waals surface area contributed by atoms with Crippen LogP contribution < -0.4 is 14.5 Å². The third kappa shape index (κ3) is 4.56. The molecule has 3 aromatic heterocycles. The Morgan fingerprint density at radius 1 is 1.31 bits per heavy atom. The van der Waals surface area contributed by atoms with Crippen molar-refractivity contribution >= 4 is 11.4 Å². The maximum atomic E-state index is 12.8. The van der Waals surface area contributed by atoms with Crippen LogP contribution in [0.5, 0.6) is 5.75 Å². The minimum atomic E-state index is -0.108. The predicted octanol–water partition coefficient (Wildman–Crippen LogP) is 2.76. The Bertz CT molecular complexity index is 993. The summed E-state index contributed by atoms with van der Waals surface area (Å²) in [5, 5.41) is 3.06. The number of aromatic amines is 1. The maximum absolute atomic E-state index is 12.8. The minimum Gasteiger partial charge on any atom is -0.489 e. The number of fused-ring (bicyclic) bond motifs is 1. The summed E-state index contributed by atoms with van der Waals surface area (Å²) in [7, 11) is 0. The number of H-pyrrole nitrogens is 1. The van der Waals surface area contributed by atoms with Gasteiger partial charge in [0, 0.05) is 37.1 Å². The van der Waals surface area contributed by atoms with Crippen LogP contribution in [-0.4, -0.2) is 41.7 Å². The third-order valence-electron chi connectivity index (χ3n) is 5.10. The smallest absolute Gasteiger partial charge is 0.350 e. The van der Waals surface area contributed by atoms with Crippen LogP contribution in [-0.2, 0) is 4.74 Å². The van der Waals surface area contributed by atoms with E-state index in [1.165, 1.54) is 0 Å². The second-order valence-electron chi connectivity index (χ2n) is 7.69. The number of aromatic nitrogens is 3. The van der Waals surface area contributed by atoms with Crippen molar-refractivity contribution in [3.63, 3.8) is 0 Å². The topological polar surface area (TPSA) is 80.3 Å². The van der Waals surface area contributed by atoms with Crippen LogP contribution in [0, 0.1) is 5.92 Å². The minimum absolute atomic E-state index is 0.0830. The number of rotatable bonds is 6. The SMILES string of the molecule is CC(C)Oc1cncc(-c2ccc3c[nH]c(C(=O)NCC4CCOCC4)[n+]3c2)c1. The Labute approximate surface area is 170 Å². The van der Waals surface area contributed by atoms with Gasteiger partial charge in [-0.25, -0.2) is 4.98 Å². The highest BCUT2D eigenvalue weighted by Crippen LogP contribution is 2.22. The highest BCUT2D eigenvalue weighted by molar-refractivity contribution is 5.89. The molecule has 7 nitrogen and oxygen atoms in total. The molecule has 7 heteroatoms. The van der Waals surface area contributed by atoms with E-state index in [4.69, 9.17) is 9.47 Å². The first-order valence-corrected chi connectivity index (χ1v) is 10.1. The highest BCUT2D eigenvalue weighted by Gasteiger charge is 2.22. The largest absolute Gasteiger partial charge is 0.489 e. The van der Waals surface area contributed by atoms with E-state index in [9.17, 15) is 4.79 Å². The molecule has 0 spiro atoms. The van der Waals surface area contributed by atoms with Gasteiger partial charge in [0.2, 0.25) is 0 Å². The zero-order valence-electron chi connectivity index (χ0n) is 16.9. The molecule has 1 fully saturated rings. The van der Waals surface area contributed by atoms with Crippen LogP contribution in [0.15, 0.2) is 43.0 Å². The average Bonchev–Trinajstić information content (AvgIpc) is 3.16. The number of hydrogen-bond donors (Lipinski definition) is 2. The summed E-state index contributed by atoms with van der Waals surface area (Å²) in [5.74, 6) is 1.61. The Hall–Kier alpha value is -2.93. The third-order valence-corrected chi connectivity index (χ3v) is 5.10. The molecule has 0 saturated carbocycles. The molecule has 4 rings (SSSR count). The molecule has 0 atom stereocenters. The monoisotopic (exact) mass is 395 g/mol. The normalized spacial score (nSPS) is 15.0. The van der Waals surface area contributed by atoms with Crippen LogP contribution in [0.2, 0.25) is 0 Å². The fraction of sp³-hybridized carbons (Fsp3) is 0.409. The first-order chi connectivity index (χ1) is 14.1. The summed E-state index contributed by atoms with van der Waals surface area (Å²) in [6.45, 7) is 6.19. The van der Waals surface area contributed by atoms with E-state index in [0.717, 1.165) is 48.4 Å². The van der Waals surface area contributed by atoms with E-state index in [1.54, 1.807) is 12.4 Å². The van der Waals surface area contributed by atoms with E-state index >= 15 is 0 Å². The van der Waals surface area contributed by atoms with E-state index < -0.39 is 0 Å². The van der Waals surface area contributed by atoms with Gasteiger partial charge in [-0.2, -0.15) is 4.40 Å². The van der Waals surface area contributed by atoms with Crippen LogP contribution in [0.4, 0.5) is 0 Å². The van der Waals surface area contributed by atoms with E-state index in [2.05, 4.69) is 15.3 Å². The van der Waals surface area contributed by atoms with Crippen molar-refractivity contribution in [1.29, 1.82) is 0 Å². The summed E-state index contributed by atoms with van der Waals surface area (Å²) >= 11 is 0. The molecule has 4 heterocycles. The lowest BCUT2D eigenvalue weighted by molar-refractivity contribution is -0.513. The zero-order valence-corrected chi connectivity index (χ0v) is 16.9. The van der Waals surface area contributed by atoms with Crippen molar-refractivity contribution in [1.82, 2.24) is 15.3 Å². The van der Waals surface area contributed by atoms with Gasteiger partial charge in [0.05, 0.1) is 12.3 Å². The summed E-state index contributed by atoms with van der Waals surface area (Å²) in [6.07, 6.45) is 9.36. The molecule has 0 unspecified atom stereocenters. The Kier molecular flexibility index (Phi) is 5.76. The molecule has 1 amide bonds. The second-order valence-corrected chi connectivity index (χ2v) is 7.69. The molecule has 0 bridgehead atoms. The molecule has 1 saturated heterocycles. The van der Waals surface area contributed by atoms with Gasteiger partial charge in [-0.15, -0.1) is 0 Å². The number of carbonyl (C=O) groups excluding carboxylic acids is 1. The first-order valence-electron chi connectivity index (χ1n) is 10.1. The summed E-state index contributed by atoms with van der Waals surface area (Å²) in [5.41, 5.74) is 2.82. The highest BCUT2D eigenvalue weighted by atomic mass is 16.5. The van der Waals surface area contributed by atoms with Crippen molar-refractivity contribution in [2.45, 2.75) is 32.8 Å². The standard InChI is InChI=1S/C22H26N4O3/c1-15(2)29-20-9-18(11-23-13-20)17-3-4-19-12-24-21(26(19)14-17)22(27)25-10-16-5-7-28-8-6-16/h3-4,9,11-16H,5-8,10H2,1-2H3,(H,25,27)/p+1. The Balaban J connectivity index is 1.55. The maximum Gasteiger partial charge on any atom is 0.350 e. The molecular formula is C22H27N4O3+. The van der Waals surface area contributed by atoms with Crippen molar-refractivity contribution in [2.75, 3.05) is 19.8 Å². The van der Waals surface area contributed by atoms with Crippen molar-refractivity contribution < 1.29 is 18.7 Å². The van der Waals surface area contributed by atoms with Gasteiger partial charge < -0.3 is 14.8 Å². The lowest BCUT2D eigenvalue weighted by Crippen LogP contribution is -2.38. The number of pyridine rings is 2. The van der Waals surface area contributed by atoms with Gasteiger partial charge in [0.25, 0.3) is 0 Å². The molecule has 0 aromatic carbocycles. The number of carbonyl (C=O) groups is 1. The van der Waals surface area contributed by atoms with Gasteiger partial charge in [0.15, 0.2) is 5.52 Å². The summed E-state index contributed by atoms with van der Waals surface area (Å²) in [6, 6.07) is 5.96. The number of imidazole rings is 1. The van der Waals surface area contributed by atoms with Crippen molar-refractivity contribution in [3.8, 4) is 16.9 Å². The Morgan fingerprint density at radius 3 is 2.93 bits per heavy atom. The summed E-state index contributed by atoms with van der Waals surface area (Å²) in [4.78, 5) is 20.2. The fourth-order valence-corrected chi connectivity index (χ4v) is 3.57. The average molecular weight is 395 g/mol. The fourth-order valence-electron chi connectivity index (χ4n) is 3.57. The predicted molar refractivity (Wildman–Crippen MR) is 109 cm³/mol. The number of amides is 1. The van der Waals surface area contributed by atoms with Gasteiger partial charge >= 0.3 is 11.7 Å². The molecule has 3 aromatic rings. The lowest BCUT2D eigenvalue weighted by Gasteiger charge is -2.21. The number of hydrogen-bond acceptors (Lipinski definition) is 4.